The molecule has 1 heterocycles. The van der Waals surface area contributed by atoms with Gasteiger partial charge in [0.2, 0.25) is 0 Å². The average molecular weight is 263 g/mol. The molecule has 0 saturated heterocycles. The standard InChI is InChI=1S/C13H11F2N3O/c1-7-4-5-8(14)10(11(7)15)13(19)18-12-9(16)3-2-6-17-12/h2-6H,16H2,1H3,(H,17,18,19). The van der Waals surface area contributed by atoms with E-state index >= 15 is 0 Å². The number of amides is 1. The zero-order valence-corrected chi connectivity index (χ0v) is 10.1. The fourth-order valence-electron chi connectivity index (χ4n) is 1.56. The van der Waals surface area contributed by atoms with Crippen LogP contribution >= 0.6 is 0 Å². The van der Waals surface area contributed by atoms with Gasteiger partial charge in [-0.3, -0.25) is 4.79 Å². The molecule has 0 radical (unpaired) electrons. The second-order valence-electron chi connectivity index (χ2n) is 3.95. The van der Waals surface area contributed by atoms with Crippen molar-refractivity contribution in [3.05, 3.63) is 53.2 Å². The number of pyridine rings is 1. The minimum atomic E-state index is -0.935. The lowest BCUT2D eigenvalue weighted by Gasteiger charge is -2.09. The quantitative estimate of drug-likeness (QED) is 0.874. The molecule has 0 saturated carbocycles. The molecular weight excluding hydrogens is 252 g/mol. The number of hydrogen-bond acceptors (Lipinski definition) is 3. The van der Waals surface area contributed by atoms with Crippen LogP contribution in [0.25, 0.3) is 0 Å². The lowest BCUT2D eigenvalue weighted by Crippen LogP contribution is -2.18. The maximum atomic E-state index is 13.8. The van der Waals surface area contributed by atoms with E-state index in [0.29, 0.717) is 0 Å². The maximum absolute atomic E-state index is 13.8. The second kappa shape index (κ2) is 5.01. The SMILES string of the molecule is Cc1ccc(F)c(C(=O)Nc2ncccc2N)c1F. The molecule has 1 amide bonds. The van der Waals surface area contributed by atoms with Crippen LogP contribution in [0.2, 0.25) is 0 Å². The van der Waals surface area contributed by atoms with Crippen LogP contribution in [-0.2, 0) is 0 Å². The number of rotatable bonds is 2. The molecule has 0 spiro atoms. The van der Waals surface area contributed by atoms with E-state index in [1.165, 1.54) is 25.3 Å². The first kappa shape index (κ1) is 12.9. The van der Waals surface area contributed by atoms with Crippen molar-refractivity contribution in [1.29, 1.82) is 0 Å². The fourth-order valence-corrected chi connectivity index (χ4v) is 1.56. The molecular formula is C13H11F2N3O. The van der Waals surface area contributed by atoms with Gasteiger partial charge in [0.05, 0.1) is 5.69 Å². The van der Waals surface area contributed by atoms with E-state index in [1.54, 1.807) is 6.07 Å². The molecule has 6 heteroatoms. The molecule has 0 aliphatic carbocycles. The Morgan fingerprint density at radius 3 is 2.74 bits per heavy atom. The number of benzene rings is 1. The van der Waals surface area contributed by atoms with E-state index in [1.807, 2.05) is 0 Å². The van der Waals surface area contributed by atoms with Crippen LogP contribution in [0, 0.1) is 18.6 Å². The van der Waals surface area contributed by atoms with Gasteiger partial charge in [-0.15, -0.1) is 0 Å². The van der Waals surface area contributed by atoms with Gasteiger partial charge in [-0.05, 0) is 30.7 Å². The van der Waals surface area contributed by atoms with Gasteiger partial charge < -0.3 is 11.1 Å². The number of nitrogen functional groups attached to an aromatic ring is 1. The molecule has 2 rings (SSSR count). The largest absolute Gasteiger partial charge is 0.396 e. The smallest absolute Gasteiger partial charge is 0.262 e. The monoisotopic (exact) mass is 263 g/mol. The number of carbonyl (C=O) groups excluding carboxylic acids is 1. The van der Waals surface area contributed by atoms with E-state index in [9.17, 15) is 13.6 Å². The number of halogens is 2. The predicted octanol–water partition coefficient (Wildman–Crippen LogP) is 2.50. The number of hydrogen-bond donors (Lipinski definition) is 2. The fraction of sp³-hybridized carbons (Fsp3) is 0.0769. The summed E-state index contributed by atoms with van der Waals surface area (Å²) in [6, 6.07) is 5.40. The molecule has 1 aromatic heterocycles. The summed E-state index contributed by atoms with van der Waals surface area (Å²) >= 11 is 0. The van der Waals surface area contributed by atoms with Gasteiger partial charge >= 0.3 is 0 Å². The summed E-state index contributed by atoms with van der Waals surface area (Å²) < 4.78 is 27.3. The molecule has 3 N–H and O–H groups in total. The second-order valence-corrected chi connectivity index (χ2v) is 3.95. The molecule has 0 aliphatic rings. The highest BCUT2D eigenvalue weighted by Crippen LogP contribution is 2.19. The number of carbonyl (C=O) groups is 1. The third kappa shape index (κ3) is 2.52. The Labute approximate surface area is 108 Å². The van der Waals surface area contributed by atoms with Crippen LogP contribution in [0.4, 0.5) is 20.3 Å². The van der Waals surface area contributed by atoms with Crippen LogP contribution in [0.3, 0.4) is 0 Å². The van der Waals surface area contributed by atoms with Crippen LogP contribution in [-0.4, -0.2) is 10.9 Å². The first-order valence-corrected chi connectivity index (χ1v) is 5.47. The Bertz CT molecular complexity index is 644. The van der Waals surface area contributed by atoms with Crippen molar-refractivity contribution in [2.45, 2.75) is 6.92 Å². The molecule has 0 atom stereocenters. The Morgan fingerprint density at radius 1 is 1.32 bits per heavy atom. The van der Waals surface area contributed by atoms with Crippen LogP contribution in [0.1, 0.15) is 15.9 Å². The summed E-state index contributed by atoms with van der Waals surface area (Å²) in [6.45, 7) is 1.45. The van der Waals surface area contributed by atoms with E-state index in [2.05, 4.69) is 10.3 Å². The molecule has 2 aromatic rings. The van der Waals surface area contributed by atoms with Crippen molar-refractivity contribution in [1.82, 2.24) is 4.98 Å². The lowest BCUT2D eigenvalue weighted by atomic mass is 10.1. The number of nitrogens with two attached hydrogens (primary N) is 1. The van der Waals surface area contributed by atoms with Crippen molar-refractivity contribution in [3.8, 4) is 0 Å². The van der Waals surface area contributed by atoms with Crippen molar-refractivity contribution >= 4 is 17.4 Å². The normalized spacial score (nSPS) is 10.3. The van der Waals surface area contributed by atoms with Crippen molar-refractivity contribution in [2.75, 3.05) is 11.1 Å². The summed E-state index contributed by atoms with van der Waals surface area (Å²) in [5, 5.41) is 2.28. The van der Waals surface area contributed by atoms with Crippen LogP contribution < -0.4 is 11.1 Å². The molecule has 1 aromatic carbocycles. The van der Waals surface area contributed by atoms with Crippen molar-refractivity contribution in [3.63, 3.8) is 0 Å². The summed E-state index contributed by atoms with van der Waals surface area (Å²) in [6.07, 6.45) is 1.41. The maximum Gasteiger partial charge on any atom is 0.262 e. The van der Waals surface area contributed by atoms with E-state index in [0.717, 1.165) is 6.07 Å². The number of aromatic nitrogens is 1. The highest BCUT2D eigenvalue weighted by molar-refractivity contribution is 6.05. The Kier molecular flexibility index (Phi) is 3.41. The number of aryl methyl sites for hydroxylation is 1. The minimum absolute atomic E-state index is 0.0628. The average Bonchev–Trinajstić information content (AvgIpc) is 2.37. The number of nitrogens with zero attached hydrogens (tertiary/aromatic N) is 1. The molecule has 0 unspecified atom stereocenters. The first-order chi connectivity index (χ1) is 9.00. The highest BCUT2D eigenvalue weighted by atomic mass is 19.1. The van der Waals surface area contributed by atoms with Crippen molar-refractivity contribution in [2.24, 2.45) is 0 Å². The highest BCUT2D eigenvalue weighted by Gasteiger charge is 2.20. The molecule has 0 aliphatic heterocycles. The Hall–Kier alpha value is -2.50. The number of nitrogens with one attached hydrogen (secondary N) is 1. The van der Waals surface area contributed by atoms with Crippen molar-refractivity contribution < 1.29 is 13.6 Å². The zero-order chi connectivity index (χ0) is 14.0. The topological polar surface area (TPSA) is 68.0 Å². The molecule has 0 bridgehead atoms. The van der Waals surface area contributed by atoms with E-state index in [-0.39, 0.29) is 17.1 Å². The summed E-state index contributed by atoms with van der Waals surface area (Å²) in [5.41, 5.74) is 5.33. The van der Waals surface area contributed by atoms with Gasteiger partial charge in [-0.1, -0.05) is 6.07 Å². The van der Waals surface area contributed by atoms with Gasteiger partial charge in [0.1, 0.15) is 17.2 Å². The summed E-state index contributed by atoms with van der Waals surface area (Å²) in [7, 11) is 0. The summed E-state index contributed by atoms with van der Waals surface area (Å²) in [5.74, 6) is -2.70. The predicted molar refractivity (Wildman–Crippen MR) is 67.7 cm³/mol. The van der Waals surface area contributed by atoms with Gasteiger partial charge in [0, 0.05) is 6.20 Å². The Morgan fingerprint density at radius 2 is 2.05 bits per heavy atom. The van der Waals surface area contributed by atoms with Gasteiger partial charge in [0.25, 0.3) is 5.91 Å². The van der Waals surface area contributed by atoms with Gasteiger partial charge in [0.15, 0.2) is 5.82 Å². The third-order valence-electron chi connectivity index (χ3n) is 2.58. The molecule has 0 fully saturated rings. The zero-order valence-electron chi connectivity index (χ0n) is 10.1. The first-order valence-electron chi connectivity index (χ1n) is 5.47. The number of anilines is 2. The summed E-state index contributed by atoms with van der Waals surface area (Å²) in [4.78, 5) is 15.7. The third-order valence-corrected chi connectivity index (χ3v) is 2.58. The van der Waals surface area contributed by atoms with Crippen LogP contribution in [0.5, 0.6) is 0 Å². The Balaban J connectivity index is 2.36. The van der Waals surface area contributed by atoms with E-state index in [4.69, 9.17) is 5.73 Å². The van der Waals surface area contributed by atoms with Gasteiger partial charge in [-0.2, -0.15) is 0 Å². The molecule has 4 nitrogen and oxygen atoms in total. The molecule has 98 valence electrons. The van der Waals surface area contributed by atoms with E-state index < -0.39 is 23.1 Å². The van der Waals surface area contributed by atoms with Gasteiger partial charge in [-0.25, -0.2) is 13.8 Å². The molecule has 19 heavy (non-hydrogen) atoms. The lowest BCUT2D eigenvalue weighted by molar-refractivity contribution is 0.101. The minimum Gasteiger partial charge on any atom is -0.396 e. The van der Waals surface area contributed by atoms with Crippen LogP contribution in [0.15, 0.2) is 30.5 Å².